The fraction of sp³-hybridized carbons (Fsp3) is 0.182. The highest BCUT2D eigenvalue weighted by atomic mass is 16.5. The van der Waals surface area contributed by atoms with Crippen molar-refractivity contribution in [3.63, 3.8) is 0 Å². The molecule has 0 aliphatic heterocycles. The van der Waals surface area contributed by atoms with Crippen molar-refractivity contribution in [2.45, 2.75) is 0 Å². The van der Waals surface area contributed by atoms with Crippen LogP contribution in [0.1, 0.15) is 0 Å². The van der Waals surface area contributed by atoms with E-state index in [2.05, 4.69) is 16.2 Å². The summed E-state index contributed by atoms with van der Waals surface area (Å²) >= 11 is 0. The molecule has 0 atom stereocenters. The summed E-state index contributed by atoms with van der Waals surface area (Å²) in [5, 5.41) is 0. The van der Waals surface area contributed by atoms with E-state index >= 15 is 0 Å². The lowest BCUT2D eigenvalue weighted by Gasteiger charge is -2.08. The Morgan fingerprint density at radius 1 is 1.20 bits per heavy atom. The average Bonchev–Trinajstić information content (AvgIpc) is 2.81. The summed E-state index contributed by atoms with van der Waals surface area (Å²) in [5.74, 6) is 2.15. The zero-order valence-electron chi connectivity index (χ0n) is 8.57. The third kappa shape index (κ3) is 1.79. The van der Waals surface area contributed by atoms with Gasteiger partial charge >= 0.3 is 0 Å². The zero-order chi connectivity index (χ0) is 10.7. The van der Waals surface area contributed by atoms with E-state index in [1.807, 2.05) is 18.2 Å². The molecule has 4 nitrogen and oxygen atoms in total. The summed E-state index contributed by atoms with van der Waals surface area (Å²) in [7, 11) is 3.22. The number of imidazole rings is 1. The highest BCUT2D eigenvalue weighted by molar-refractivity contribution is 5.60. The number of hydrogen-bond acceptors (Lipinski definition) is 3. The molecule has 0 saturated carbocycles. The molecular weight excluding hydrogens is 192 g/mol. The number of nitrogens with zero attached hydrogens (tertiary/aromatic N) is 1. The summed E-state index contributed by atoms with van der Waals surface area (Å²) < 4.78 is 10.3. The second-order valence-electron chi connectivity index (χ2n) is 2.95. The van der Waals surface area contributed by atoms with Gasteiger partial charge in [-0.1, -0.05) is 0 Å². The van der Waals surface area contributed by atoms with Crippen molar-refractivity contribution >= 4 is 0 Å². The molecule has 4 heteroatoms. The standard InChI is InChI=1S/C11H11N2O2/c1-14-9-4-3-8(7-10(9)15-2)11-12-5-6-13-11/h3-5,7H,1-2H3,(H,12,13). The van der Waals surface area contributed by atoms with Gasteiger partial charge in [0.1, 0.15) is 12.0 Å². The van der Waals surface area contributed by atoms with Crippen molar-refractivity contribution in [2.24, 2.45) is 0 Å². The lowest BCUT2D eigenvalue weighted by molar-refractivity contribution is 0.355. The Balaban J connectivity index is 2.43. The van der Waals surface area contributed by atoms with Crippen molar-refractivity contribution in [1.82, 2.24) is 9.97 Å². The number of benzene rings is 1. The molecule has 1 radical (unpaired) electrons. The molecule has 2 rings (SSSR count). The van der Waals surface area contributed by atoms with Crippen LogP contribution in [0.3, 0.4) is 0 Å². The summed E-state index contributed by atoms with van der Waals surface area (Å²) in [4.78, 5) is 7.02. The van der Waals surface area contributed by atoms with Crippen molar-refractivity contribution in [1.29, 1.82) is 0 Å². The van der Waals surface area contributed by atoms with E-state index in [-0.39, 0.29) is 0 Å². The van der Waals surface area contributed by atoms with Crippen molar-refractivity contribution < 1.29 is 9.47 Å². The highest BCUT2D eigenvalue weighted by Crippen LogP contribution is 2.30. The van der Waals surface area contributed by atoms with Crippen LogP contribution in [-0.2, 0) is 0 Å². The first kappa shape index (κ1) is 9.58. The monoisotopic (exact) mass is 203 g/mol. The molecule has 0 unspecified atom stereocenters. The predicted octanol–water partition coefficient (Wildman–Crippen LogP) is 1.89. The lowest BCUT2D eigenvalue weighted by atomic mass is 10.2. The number of methoxy groups -OCH3 is 2. The number of hydrogen-bond donors (Lipinski definition) is 1. The van der Waals surface area contributed by atoms with Gasteiger partial charge in [-0.05, 0) is 18.2 Å². The largest absolute Gasteiger partial charge is 0.493 e. The first-order valence-electron chi connectivity index (χ1n) is 4.49. The number of aromatic amines is 1. The van der Waals surface area contributed by atoms with Crippen molar-refractivity contribution in [3.05, 3.63) is 30.6 Å². The van der Waals surface area contributed by atoms with Crippen LogP contribution >= 0.6 is 0 Å². The number of aromatic nitrogens is 2. The van der Waals surface area contributed by atoms with Crippen LogP contribution in [0.25, 0.3) is 11.4 Å². The SMILES string of the molecule is COc1ccc(-c2n[c]c[nH]2)cc1OC. The van der Waals surface area contributed by atoms with Gasteiger partial charge in [-0.15, -0.1) is 0 Å². The van der Waals surface area contributed by atoms with Crippen LogP contribution in [0.15, 0.2) is 24.4 Å². The molecule has 0 bridgehead atoms. The average molecular weight is 203 g/mol. The number of nitrogens with one attached hydrogen (secondary N) is 1. The van der Waals surface area contributed by atoms with Gasteiger partial charge in [-0.25, -0.2) is 4.98 Å². The smallest absolute Gasteiger partial charge is 0.161 e. The van der Waals surface area contributed by atoms with Crippen LogP contribution in [0.5, 0.6) is 11.5 Å². The Labute approximate surface area is 87.9 Å². The molecule has 0 spiro atoms. The van der Waals surface area contributed by atoms with Gasteiger partial charge in [0.05, 0.1) is 14.2 Å². The van der Waals surface area contributed by atoms with Crippen LogP contribution in [0.2, 0.25) is 0 Å². The minimum Gasteiger partial charge on any atom is -0.493 e. The van der Waals surface area contributed by atoms with Gasteiger partial charge in [-0.2, -0.15) is 0 Å². The molecule has 15 heavy (non-hydrogen) atoms. The van der Waals surface area contributed by atoms with E-state index in [9.17, 15) is 0 Å². The summed E-state index contributed by atoms with van der Waals surface area (Å²) in [6, 6.07) is 5.62. The molecule has 1 aromatic heterocycles. The molecule has 77 valence electrons. The van der Waals surface area contributed by atoms with Crippen LogP contribution in [0, 0.1) is 6.20 Å². The molecule has 1 aromatic carbocycles. The summed E-state index contributed by atoms with van der Waals surface area (Å²) in [6.07, 6.45) is 4.38. The maximum Gasteiger partial charge on any atom is 0.161 e. The van der Waals surface area contributed by atoms with Crippen LogP contribution in [-0.4, -0.2) is 24.2 Å². The van der Waals surface area contributed by atoms with Crippen molar-refractivity contribution in [2.75, 3.05) is 14.2 Å². The van der Waals surface area contributed by atoms with Gasteiger partial charge < -0.3 is 14.5 Å². The Bertz CT molecular complexity index is 438. The Morgan fingerprint density at radius 3 is 2.60 bits per heavy atom. The Kier molecular flexibility index (Phi) is 2.58. The second kappa shape index (κ2) is 4.04. The predicted molar refractivity (Wildman–Crippen MR) is 56.0 cm³/mol. The minimum atomic E-state index is 0.686. The van der Waals surface area contributed by atoms with Gasteiger partial charge in [0, 0.05) is 11.8 Å². The quantitative estimate of drug-likeness (QED) is 0.828. The third-order valence-electron chi connectivity index (χ3n) is 2.11. The maximum atomic E-state index is 5.20. The molecule has 1 heterocycles. The van der Waals surface area contributed by atoms with E-state index in [1.54, 1.807) is 20.4 Å². The lowest BCUT2D eigenvalue weighted by Crippen LogP contribution is -1.91. The maximum absolute atomic E-state index is 5.20. The van der Waals surface area contributed by atoms with E-state index in [1.165, 1.54) is 0 Å². The highest BCUT2D eigenvalue weighted by Gasteiger charge is 2.06. The molecular formula is C11H11N2O2. The van der Waals surface area contributed by atoms with Gasteiger partial charge in [0.15, 0.2) is 11.5 Å². The van der Waals surface area contributed by atoms with Gasteiger partial charge in [0.25, 0.3) is 0 Å². The van der Waals surface area contributed by atoms with Crippen LogP contribution < -0.4 is 9.47 Å². The number of ether oxygens (including phenoxy) is 2. The Hall–Kier alpha value is -1.97. The Morgan fingerprint density at radius 2 is 2.00 bits per heavy atom. The molecule has 2 aromatic rings. The van der Waals surface area contributed by atoms with E-state index in [0.717, 1.165) is 11.4 Å². The molecule has 1 N–H and O–H groups in total. The first-order valence-corrected chi connectivity index (χ1v) is 4.49. The molecule has 0 saturated heterocycles. The minimum absolute atomic E-state index is 0.686. The number of rotatable bonds is 3. The summed E-state index contributed by atoms with van der Waals surface area (Å²) in [5.41, 5.74) is 0.939. The fourth-order valence-electron chi connectivity index (χ4n) is 1.36. The third-order valence-corrected chi connectivity index (χ3v) is 2.11. The van der Waals surface area contributed by atoms with Gasteiger partial charge in [-0.3, -0.25) is 0 Å². The number of H-pyrrole nitrogens is 1. The summed E-state index contributed by atoms with van der Waals surface area (Å²) in [6.45, 7) is 0. The van der Waals surface area contributed by atoms with E-state index in [0.29, 0.717) is 11.5 Å². The topological polar surface area (TPSA) is 47.1 Å². The molecule has 0 amide bonds. The van der Waals surface area contributed by atoms with Crippen molar-refractivity contribution in [3.8, 4) is 22.9 Å². The fourth-order valence-corrected chi connectivity index (χ4v) is 1.36. The second-order valence-corrected chi connectivity index (χ2v) is 2.95. The normalized spacial score (nSPS) is 10.0. The first-order chi connectivity index (χ1) is 7.35. The van der Waals surface area contributed by atoms with E-state index in [4.69, 9.17) is 9.47 Å². The van der Waals surface area contributed by atoms with E-state index < -0.39 is 0 Å². The zero-order valence-corrected chi connectivity index (χ0v) is 8.57. The molecule has 0 aliphatic rings. The molecule has 0 aliphatic carbocycles. The van der Waals surface area contributed by atoms with Crippen LogP contribution in [0.4, 0.5) is 0 Å². The molecule has 0 fully saturated rings. The van der Waals surface area contributed by atoms with Gasteiger partial charge in [0.2, 0.25) is 0 Å².